The van der Waals surface area contributed by atoms with Gasteiger partial charge < -0.3 is 0 Å². The van der Waals surface area contributed by atoms with Crippen molar-refractivity contribution in [2.24, 2.45) is 12.5 Å². The molecule has 1 aliphatic heterocycles. The van der Waals surface area contributed by atoms with Gasteiger partial charge in [-0.1, -0.05) is 11.6 Å². The number of amides is 1. The van der Waals surface area contributed by atoms with Crippen LogP contribution in [-0.4, -0.2) is 32.6 Å². The van der Waals surface area contributed by atoms with Crippen molar-refractivity contribution in [3.05, 3.63) is 22.7 Å². The Hall–Kier alpha value is -1.66. The molecule has 2 heterocycles. The van der Waals surface area contributed by atoms with Crippen molar-refractivity contribution in [3.8, 4) is 0 Å². The van der Waals surface area contributed by atoms with Crippen molar-refractivity contribution in [1.29, 1.82) is 0 Å². The molecule has 6 nitrogen and oxygen atoms in total. The molecule has 3 rings (SSSR count). The Balaban J connectivity index is 1.91. The molecule has 1 fully saturated rings. The van der Waals surface area contributed by atoms with Gasteiger partial charge in [0.05, 0.1) is 18.6 Å². The average molecular weight is 295 g/mol. The summed E-state index contributed by atoms with van der Waals surface area (Å²) in [7, 11) is 1.75. The van der Waals surface area contributed by atoms with Gasteiger partial charge in [0.25, 0.3) is 5.91 Å². The molecule has 1 amide bonds. The second kappa shape index (κ2) is 4.43. The van der Waals surface area contributed by atoms with E-state index in [0.717, 1.165) is 16.6 Å². The van der Waals surface area contributed by atoms with Crippen LogP contribution in [-0.2, 0) is 23.2 Å². The van der Waals surface area contributed by atoms with Crippen molar-refractivity contribution in [1.82, 2.24) is 20.1 Å². The van der Waals surface area contributed by atoms with Crippen LogP contribution in [0.1, 0.15) is 19.4 Å². The van der Waals surface area contributed by atoms with E-state index in [4.69, 9.17) is 16.4 Å². The summed E-state index contributed by atoms with van der Waals surface area (Å²) < 4.78 is 0. The number of fused-ring (bicyclic) bond motifs is 1. The van der Waals surface area contributed by atoms with E-state index in [1.54, 1.807) is 13.1 Å². The highest BCUT2D eigenvalue weighted by Crippen LogP contribution is 2.30. The normalized spacial score (nSPS) is 18.2. The summed E-state index contributed by atoms with van der Waals surface area (Å²) in [6.45, 7) is 4.43. The number of rotatable bonds is 2. The number of halogens is 1. The SMILES string of the molecule is Cn1nc2cc(Cl)c(CN3OCC(C)(C)C3=O)cc2n1. The second-order valence-corrected chi connectivity index (χ2v) is 6.03. The van der Waals surface area contributed by atoms with Gasteiger partial charge in [-0.05, 0) is 31.5 Å². The molecule has 0 radical (unpaired) electrons. The summed E-state index contributed by atoms with van der Waals surface area (Å²) in [4.78, 5) is 19.1. The molecule has 1 aliphatic rings. The Morgan fingerprint density at radius 3 is 2.60 bits per heavy atom. The first-order valence-electron chi connectivity index (χ1n) is 6.31. The van der Waals surface area contributed by atoms with Gasteiger partial charge in [0, 0.05) is 12.1 Å². The Kier molecular flexibility index (Phi) is 2.95. The van der Waals surface area contributed by atoms with Gasteiger partial charge in [0.2, 0.25) is 0 Å². The quantitative estimate of drug-likeness (QED) is 0.849. The summed E-state index contributed by atoms with van der Waals surface area (Å²) in [5, 5.41) is 10.4. The fourth-order valence-corrected chi connectivity index (χ4v) is 2.40. The molecule has 20 heavy (non-hydrogen) atoms. The van der Waals surface area contributed by atoms with E-state index in [1.165, 1.54) is 9.86 Å². The van der Waals surface area contributed by atoms with Crippen molar-refractivity contribution in [2.75, 3.05) is 6.61 Å². The first-order chi connectivity index (χ1) is 9.37. The summed E-state index contributed by atoms with van der Waals surface area (Å²) in [5.41, 5.74) is 1.79. The number of carbonyl (C=O) groups is 1. The van der Waals surface area contributed by atoms with Crippen molar-refractivity contribution in [3.63, 3.8) is 0 Å². The van der Waals surface area contributed by atoms with Crippen LogP contribution in [0.3, 0.4) is 0 Å². The number of nitrogens with zero attached hydrogens (tertiary/aromatic N) is 4. The molecule has 2 aromatic rings. The lowest BCUT2D eigenvalue weighted by Gasteiger charge is -2.17. The molecule has 1 aromatic heterocycles. The number of aromatic nitrogens is 3. The first-order valence-corrected chi connectivity index (χ1v) is 6.69. The van der Waals surface area contributed by atoms with Crippen LogP contribution in [0.4, 0.5) is 0 Å². The largest absolute Gasteiger partial charge is 0.272 e. The summed E-state index contributed by atoms with van der Waals surface area (Å²) >= 11 is 6.24. The van der Waals surface area contributed by atoms with E-state index >= 15 is 0 Å². The Labute approximate surface area is 121 Å². The lowest BCUT2D eigenvalue weighted by atomic mass is 9.95. The monoisotopic (exact) mass is 294 g/mol. The molecule has 1 saturated heterocycles. The number of aryl methyl sites for hydroxylation is 1. The van der Waals surface area contributed by atoms with Crippen LogP contribution in [0.15, 0.2) is 12.1 Å². The van der Waals surface area contributed by atoms with Crippen LogP contribution >= 0.6 is 11.6 Å². The molecule has 0 atom stereocenters. The van der Waals surface area contributed by atoms with Gasteiger partial charge in [0.15, 0.2) is 0 Å². The Morgan fingerprint density at radius 2 is 2.00 bits per heavy atom. The molecule has 0 saturated carbocycles. The fourth-order valence-electron chi connectivity index (χ4n) is 2.18. The topological polar surface area (TPSA) is 60.2 Å². The van der Waals surface area contributed by atoms with E-state index in [9.17, 15) is 4.79 Å². The summed E-state index contributed by atoms with van der Waals surface area (Å²) in [6, 6.07) is 3.59. The predicted octanol–water partition coefficient (Wildman–Crippen LogP) is 1.92. The highest BCUT2D eigenvalue weighted by atomic mass is 35.5. The number of hydrogen-bond acceptors (Lipinski definition) is 4. The minimum absolute atomic E-state index is 0.0344. The molecular formula is C13H15ClN4O2. The van der Waals surface area contributed by atoms with Crippen molar-refractivity contribution >= 4 is 28.5 Å². The van der Waals surface area contributed by atoms with Crippen LogP contribution in [0.25, 0.3) is 11.0 Å². The maximum atomic E-state index is 12.1. The number of carbonyl (C=O) groups excluding carboxylic acids is 1. The zero-order valence-electron chi connectivity index (χ0n) is 11.6. The van der Waals surface area contributed by atoms with E-state index in [2.05, 4.69) is 10.2 Å². The molecule has 1 aromatic carbocycles. The third-order valence-corrected chi connectivity index (χ3v) is 3.70. The maximum absolute atomic E-state index is 12.1. The predicted molar refractivity (Wildman–Crippen MR) is 73.8 cm³/mol. The maximum Gasteiger partial charge on any atom is 0.254 e. The van der Waals surface area contributed by atoms with E-state index in [0.29, 0.717) is 18.2 Å². The molecule has 0 unspecified atom stereocenters. The van der Waals surface area contributed by atoms with Crippen LogP contribution in [0.5, 0.6) is 0 Å². The van der Waals surface area contributed by atoms with Gasteiger partial charge in [-0.3, -0.25) is 9.63 Å². The molecule has 7 heteroatoms. The lowest BCUT2D eigenvalue weighted by molar-refractivity contribution is -0.165. The minimum atomic E-state index is -0.483. The summed E-state index contributed by atoms with van der Waals surface area (Å²) in [5.74, 6) is -0.0344. The molecule has 0 aliphatic carbocycles. The third-order valence-electron chi connectivity index (χ3n) is 3.35. The van der Waals surface area contributed by atoms with Crippen LogP contribution in [0, 0.1) is 5.41 Å². The smallest absolute Gasteiger partial charge is 0.254 e. The number of hydroxylamine groups is 2. The van der Waals surface area contributed by atoms with Gasteiger partial charge >= 0.3 is 0 Å². The van der Waals surface area contributed by atoms with Gasteiger partial charge in [-0.25, -0.2) is 5.06 Å². The van der Waals surface area contributed by atoms with Gasteiger partial charge in [0.1, 0.15) is 11.0 Å². The third kappa shape index (κ3) is 2.14. The first kappa shape index (κ1) is 13.3. The highest BCUT2D eigenvalue weighted by Gasteiger charge is 2.40. The zero-order valence-corrected chi connectivity index (χ0v) is 12.3. The highest BCUT2D eigenvalue weighted by molar-refractivity contribution is 6.32. The summed E-state index contributed by atoms with van der Waals surface area (Å²) in [6.07, 6.45) is 0. The number of hydrogen-bond donors (Lipinski definition) is 0. The minimum Gasteiger partial charge on any atom is -0.272 e. The van der Waals surface area contributed by atoms with Crippen molar-refractivity contribution in [2.45, 2.75) is 20.4 Å². The van der Waals surface area contributed by atoms with E-state index in [-0.39, 0.29) is 5.91 Å². The average Bonchev–Trinajstić information content (AvgIpc) is 2.83. The molecule has 0 N–H and O–H groups in total. The number of benzene rings is 1. The van der Waals surface area contributed by atoms with Crippen molar-refractivity contribution < 1.29 is 9.63 Å². The Morgan fingerprint density at radius 1 is 1.35 bits per heavy atom. The molecular weight excluding hydrogens is 280 g/mol. The fraction of sp³-hybridized carbons (Fsp3) is 0.462. The Bertz CT molecular complexity index is 695. The standard InChI is InChI=1S/C13H15ClN4O2/c1-13(2)7-20-18(12(13)19)6-8-4-10-11(5-9(8)14)16-17(3)15-10/h4-5H,6-7H2,1-3H3. The van der Waals surface area contributed by atoms with E-state index < -0.39 is 5.41 Å². The van der Waals surface area contributed by atoms with Crippen LogP contribution < -0.4 is 0 Å². The molecule has 0 bridgehead atoms. The van der Waals surface area contributed by atoms with E-state index in [1.807, 2.05) is 19.9 Å². The van der Waals surface area contributed by atoms with Crippen LogP contribution in [0.2, 0.25) is 5.02 Å². The molecule has 106 valence electrons. The van der Waals surface area contributed by atoms with Gasteiger partial charge in [-0.2, -0.15) is 15.0 Å². The zero-order chi connectivity index (χ0) is 14.5. The lowest BCUT2D eigenvalue weighted by Crippen LogP contribution is -2.30. The van der Waals surface area contributed by atoms with Gasteiger partial charge in [-0.15, -0.1) is 0 Å². The molecule has 0 spiro atoms. The second-order valence-electron chi connectivity index (χ2n) is 5.62.